The molecule has 1 N–H and O–H groups in total. The Balaban J connectivity index is 2.10. The van der Waals surface area contributed by atoms with Crippen LogP contribution in [0, 0.1) is 5.92 Å². The first-order valence-electron chi connectivity index (χ1n) is 5.64. The molecule has 0 bridgehead atoms. The molecule has 1 saturated heterocycles. The highest BCUT2D eigenvalue weighted by Crippen LogP contribution is 2.44. The van der Waals surface area contributed by atoms with E-state index in [9.17, 15) is 0 Å². The number of benzene rings is 1. The molecular formula is C13H17N. The summed E-state index contributed by atoms with van der Waals surface area (Å²) in [6.07, 6.45) is 4.01. The summed E-state index contributed by atoms with van der Waals surface area (Å²) >= 11 is 0. The molecule has 1 fully saturated rings. The largest absolute Gasteiger partial charge is 0.307 e. The van der Waals surface area contributed by atoms with Crippen molar-refractivity contribution in [1.29, 1.82) is 0 Å². The van der Waals surface area contributed by atoms with Gasteiger partial charge < -0.3 is 5.32 Å². The number of nitrogens with one attached hydrogen (secondary N) is 1. The summed E-state index contributed by atoms with van der Waals surface area (Å²) in [5.74, 6) is 0.827. The molecule has 1 nitrogen and oxygen atoms in total. The van der Waals surface area contributed by atoms with E-state index in [0.717, 1.165) is 5.92 Å². The van der Waals surface area contributed by atoms with E-state index in [4.69, 9.17) is 0 Å². The first kappa shape index (κ1) is 8.49. The van der Waals surface area contributed by atoms with Crippen molar-refractivity contribution in [2.75, 3.05) is 6.54 Å². The van der Waals surface area contributed by atoms with Gasteiger partial charge in [-0.2, -0.15) is 0 Å². The maximum absolute atomic E-state index is 3.71. The number of piperidine rings is 1. The molecule has 1 aromatic rings. The van der Waals surface area contributed by atoms with Crippen molar-refractivity contribution in [2.45, 2.75) is 31.7 Å². The van der Waals surface area contributed by atoms with Crippen LogP contribution in [0.3, 0.4) is 0 Å². The smallest absolute Gasteiger partial charge is 0.0440 e. The molecular weight excluding hydrogens is 170 g/mol. The van der Waals surface area contributed by atoms with Crippen LogP contribution >= 0.6 is 0 Å². The number of fused-ring (bicyclic) bond motifs is 3. The first-order valence-corrected chi connectivity index (χ1v) is 5.64. The van der Waals surface area contributed by atoms with Crippen LogP contribution in [0.25, 0.3) is 0 Å². The van der Waals surface area contributed by atoms with Gasteiger partial charge in [0.05, 0.1) is 0 Å². The molecule has 1 aliphatic heterocycles. The van der Waals surface area contributed by atoms with Crippen LogP contribution in [-0.2, 0) is 12.0 Å². The molecule has 14 heavy (non-hydrogen) atoms. The van der Waals surface area contributed by atoms with Gasteiger partial charge in [0.2, 0.25) is 0 Å². The molecule has 1 aromatic carbocycles. The SMILES string of the molecule is C[C@@]12NCCC[C@@H]1Cc1ccccc12. The molecule has 1 heteroatoms. The monoisotopic (exact) mass is 187 g/mol. The molecule has 0 spiro atoms. The van der Waals surface area contributed by atoms with Crippen molar-refractivity contribution in [3.63, 3.8) is 0 Å². The maximum Gasteiger partial charge on any atom is 0.0440 e. The number of hydrogen-bond donors (Lipinski definition) is 1. The lowest BCUT2D eigenvalue weighted by molar-refractivity contribution is 0.197. The quantitative estimate of drug-likeness (QED) is 0.658. The van der Waals surface area contributed by atoms with Crippen molar-refractivity contribution in [2.24, 2.45) is 5.92 Å². The summed E-state index contributed by atoms with van der Waals surface area (Å²) < 4.78 is 0. The third-order valence-electron chi connectivity index (χ3n) is 4.08. The van der Waals surface area contributed by atoms with Crippen LogP contribution < -0.4 is 5.32 Å². The second-order valence-corrected chi connectivity index (χ2v) is 4.83. The van der Waals surface area contributed by atoms with Gasteiger partial charge in [0, 0.05) is 5.54 Å². The summed E-state index contributed by atoms with van der Waals surface area (Å²) in [5, 5.41) is 3.71. The minimum Gasteiger partial charge on any atom is -0.307 e. The standard InChI is InChI=1S/C13H17N/c1-13-11(6-4-8-14-13)9-10-5-2-3-7-12(10)13/h2-3,5,7,11,14H,4,6,8-9H2,1H3/t11-,13-/m1/s1. The molecule has 1 heterocycles. The minimum atomic E-state index is 0.273. The molecule has 0 amide bonds. The van der Waals surface area contributed by atoms with E-state index in [2.05, 4.69) is 36.5 Å². The summed E-state index contributed by atoms with van der Waals surface area (Å²) in [5.41, 5.74) is 3.38. The Morgan fingerprint density at radius 1 is 1.36 bits per heavy atom. The van der Waals surface area contributed by atoms with Gasteiger partial charge in [0.15, 0.2) is 0 Å². The van der Waals surface area contributed by atoms with Crippen LogP contribution in [0.4, 0.5) is 0 Å². The Labute approximate surface area is 85.5 Å². The van der Waals surface area contributed by atoms with Gasteiger partial charge in [-0.15, -0.1) is 0 Å². The number of rotatable bonds is 0. The molecule has 2 aliphatic rings. The predicted octanol–water partition coefficient (Wildman–Crippen LogP) is 2.46. The fourth-order valence-electron chi connectivity index (χ4n) is 3.22. The van der Waals surface area contributed by atoms with Gasteiger partial charge in [0.25, 0.3) is 0 Å². The second kappa shape index (κ2) is 2.83. The topological polar surface area (TPSA) is 12.0 Å². The highest BCUT2D eigenvalue weighted by molar-refractivity contribution is 5.40. The van der Waals surface area contributed by atoms with Crippen LogP contribution in [0.2, 0.25) is 0 Å². The summed E-state index contributed by atoms with van der Waals surface area (Å²) in [4.78, 5) is 0. The molecule has 1 aliphatic carbocycles. The maximum atomic E-state index is 3.71. The molecule has 0 radical (unpaired) electrons. The average molecular weight is 187 g/mol. The Bertz CT molecular complexity index is 358. The van der Waals surface area contributed by atoms with Gasteiger partial charge in [-0.25, -0.2) is 0 Å². The Kier molecular flexibility index (Phi) is 1.72. The lowest BCUT2D eigenvalue weighted by Crippen LogP contribution is -2.47. The van der Waals surface area contributed by atoms with Crippen LogP contribution in [0.1, 0.15) is 30.9 Å². The highest BCUT2D eigenvalue weighted by Gasteiger charge is 2.43. The Morgan fingerprint density at radius 2 is 2.21 bits per heavy atom. The zero-order chi connectivity index (χ0) is 9.60. The van der Waals surface area contributed by atoms with Crippen LogP contribution in [0.5, 0.6) is 0 Å². The lowest BCUT2D eigenvalue weighted by Gasteiger charge is -2.38. The molecule has 2 atom stereocenters. The van der Waals surface area contributed by atoms with E-state index in [-0.39, 0.29) is 5.54 Å². The van der Waals surface area contributed by atoms with Gasteiger partial charge in [-0.3, -0.25) is 0 Å². The van der Waals surface area contributed by atoms with E-state index < -0.39 is 0 Å². The second-order valence-electron chi connectivity index (χ2n) is 4.83. The zero-order valence-electron chi connectivity index (χ0n) is 8.72. The van der Waals surface area contributed by atoms with Crippen molar-refractivity contribution in [1.82, 2.24) is 5.32 Å². The van der Waals surface area contributed by atoms with Crippen molar-refractivity contribution >= 4 is 0 Å². The van der Waals surface area contributed by atoms with E-state index >= 15 is 0 Å². The van der Waals surface area contributed by atoms with Gasteiger partial charge in [-0.1, -0.05) is 24.3 Å². The van der Waals surface area contributed by atoms with Gasteiger partial charge >= 0.3 is 0 Å². The molecule has 0 unspecified atom stereocenters. The van der Waals surface area contributed by atoms with Gasteiger partial charge in [0.1, 0.15) is 0 Å². The minimum absolute atomic E-state index is 0.273. The summed E-state index contributed by atoms with van der Waals surface area (Å²) in [6.45, 7) is 3.56. The van der Waals surface area contributed by atoms with Crippen molar-refractivity contribution in [3.8, 4) is 0 Å². The van der Waals surface area contributed by atoms with Crippen molar-refractivity contribution < 1.29 is 0 Å². The first-order chi connectivity index (χ1) is 6.81. The number of hydrogen-bond acceptors (Lipinski definition) is 1. The van der Waals surface area contributed by atoms with E-state index in [1.54, 1.807) is 11.1 Å². The fraction of sp³-hybridized carbons (Fsp3) is 0.538. The molecule has 0 aromatic heterocycles. The van der Waals surface area contributed by atoms with E-state index in [1.165, 1.54) is 25.8 Å². The normalized spacial score (nSPS) is 35.1. The third-order valence-corrected chi connectivity index (χ3v) is 4.08. The van der Waals surface area contributed by atoms with Crippen molar-refractivity contribution in [3.05, 3.63) is 35.4 Å². The summed E-state index contributed by atoms with van der Waals surface area (Å²) in [6, 6.07) is 8.93. The van der Waals surface area contributed by atoms with Crippen LogP contribution in [0.15, 0.2) is 24.3 Å². The molecule has 3 rings (SSSR count). The molecule has 0 saturated carbocycles. The van der Waals surface area contributed by atoms with E-state index in [0.29, 0.717) is 0 Å². The van der Waals surface area contributed by atoms with Crippen LogP contribution in [-0.4, -0.2) is 6.54 Å². The molecule has 74 valence electrons. The third kappa shape index (κ3) is 0.992. The Morgan fingerprint density at radius 3 is 3.14 bits per heavy atom. The average Bonchev–Trinajstić information content (AvgIpc) is 2.51. The highest BCUT2D eigenvalue weighted by atomic mass is 15.0. The fourth-order valence-corrected chi connectivity index (χ4v) is 3.22. The lowest BCUT2D eigenvalue weighted by atomic mass is 9.80. The predicted molar refractivity (Wildman–Crippen MR) is 58.2 cm³/mol. The Hall–Kier alpha value is -0.820. The summed E-state index contributed by atoms with van der Waals surface area (Å²) in [7, 11) is 0. The van der Waals surface area contributed by atoms with Gasteiger partial charge in [-0.05, 0) is 49.8 Å². The zero-order valence-corrected chi connectivity index (χ0v) is 8.72. The van der Waals surface area contributed by atoms with E-state index in [1.807, 2.05) is 0 Å².